The molecule has 0 aliphatic rings. The van der Waals surface area contributed by atoms with Crippen LogP contribution in [-0.4, -0.2) is 15.8 Å². The second-order valence-electron chi connectivity index (χ2n) is 4.60. The molecular weight excluding hydrogens is 248 g/mol. The molecule has 3 heteroatoms. The summed E-state index contributed by atoms with van der Waals surface area (Å²) in [4.78, 5) is 21.1. The first kappa shape index (κ1) is 12.5. The van der Waals surface area contributed by atoms with E-state index >= 15 is 0 Å². The summed E-state index contributed by atoms with van der Waals surface area (Å²) in [6, 6.07) is 13.3. The molecule has 98 valence electrons. The third-order valence-electron chi connectivity index (χ3n) is 3.36. The molecule has 1 aromatic carbocycles. The minimum absolute atomic E-state index is 0.0463. The van der Waals surface area contributed by atoms with E-state index in [2.05, 4.69) is 9.97 Å². The molecule has 0 aliphatic carbocycles. The van der Waals surface area contributed by atoms with Gasteiger partial charge in [-0.1, -0.05) is 31.2 Å². The summed E-state index contributed by atoms with van der Waals surface area (Å²) in [5.74, 6) is -0.0463. The Kier molecular flexibility index (Phi) is 3.25. The van der Waals surface area contributed by atoms with E-state index in [1.54, 1.807) is 12.4 Å². The van der Waals surface area contributed by atoms with Gasteiger partial charge in [-0.3, -0.25) is 14.8 Å². The molecule has 0 N–H and O–H groups in total. The quantitative estimate of drug-likeness (QED) is 0.679. The SMILES string of the molecule is CCc1cccnc1C(=O)c1ccc2cccnc2c1. The van der Waals surface area contributed by atoms with Gasteiger partial charge >= 0.3 is 0 Å². The van der Waals surface area contributed by atoms with E-state index in [4.69, 9.17) is 0 Å². The summed E-state index contributed by atoms with van der Waals surface area (Å²) < 4.78 is 0. The normalized spacial score (nSPS) is 10.7. The van der Waals surface area contributed by atoms with Gasteiger partial charge in [-0.15, -0.1) is 0 Å². The number of hydrogen-bond acceptors (Lipinski definition) is 3. The van der Waals surface area contributed by atoms with Crippen LogP contribution in [-0.2, 0) is 6.42 Å². The lowest BCUT2D eigenvalue weighted by Crippen LogP contribution is -2.07. The number of nitrogens with zero attached hydrogens (tertiary/aromatic N) is 2. The van der Waals surface area contributed by atoms with Crippen molar-refractivity contribution < 1.29 is 4.79 Å². The van der Waals surface area contributed by atoms with Crippen LogP contribution in [0.4, 0.5) is 0 Å². The molecule has 0 unspecified atom stereocenters. The fraction of sp³-hybridized carbons (Fsp3) is 0.118. The molecule has 0 fully saturated rings. The monoisotopic (exact) mass is 262 g/mol. The minimum atomic E-state index is -0.0463. The number of rotatable bonds is 3. The van der Waals surface area contributed by atoms with Crippen molar-refractivity contribution in [2.24, 2.45) is 0 Å². The highest BCUT2D eigenvalue weighted by atomic mass is 16.1. The van der Waals surface area contributed by atoms with E-state index in [1.807, 2.05) is 49.4 Å². The van der Waals surface area contributed by atoms with Gasteiger partial charge in [0.05, 0.1) is 5.52 Å². The predicted octanol–water partition coefficient (Wildman–Crippen LogP) is 3.42. The third-order valence-corrected chi connectivity index (χ3v) is 3.36. The highest BCUT2D eigenvalue weighted by Gasteiger charge is 2.14. The Morgan fingerprint density at radius 2 is 1.85 bits per heavy atom. The van der Waals surface area contributed by atoms with Crippen LogP contribution >= 0.6 is 0 Å². The second kappa shape index (κ2) is 5.21. The molecule has 0 saturated heterocycles. The zero-order chi connectivity index (χ0) is 13.9. The van der Waals surface area contributed by atoms with E-state index in [9.17, 15) is 4.79 Å². The van der Waals surface area contributed by atoms with Crippen LogP contribution in [0.3, 0.4) is 0 Å². The van der Waals surface area contributed by atoms with E-state index in [0.29, 0.717) is 11.3 Å². The zero-order valence-corrected chi connectivity index (χ0v) is 11.2. The minimum Gasteiger partial charge on any atom is -0.287 e. The number of aryl methyl sites for hydroxylation is 1. The topological polar surface area (TPSA) is 42.9 Å². The van der Waals surface area contributed by atoms with Gasteiger partial charge in [0.2, 0.25) is 5.78 Å². The second-order valence-corrected chi connectivity index (χ2v) is 4.60. The maximum atomic E-state index is 12.6. The first-order valence-electron chi connectivity index (χ1n) is 6.63. The Bertz CT molecular complexity index is 781. The van der Waals surface area contributed by atoms with Crippen LogP contribution in [0.1, 0.15) is 28.5 Å². The van der Waals surface area contributed by atoms with Crippen LogP contribution < -0.4 is 0 Å². The van der Waals surface area contributed by atoms with Gasteiger partial charge < -0.3 is 0 Å². The van der Waals surface area contributed by atoms with Crippen molar-refractivity contribution in [3.8, 4) is 0 Å². The van der Waals surface area contributed by atoms with Gasteiger partial charge in [-0.2, -0.15) is 0 Å². The molecule has 0 aliphatic heterocycles. The van der Waals surface area contributed by atoms with E-state index in [1.165, 1.54) is 0 Å². The Morgan fingerprint density at radius 1 is 1.05 bits per heavy atom. The molecule has 0 saturated carbocycles. The zero-order valence-electron chi connectivity index (χ0n) is 11.2. The number of aromatic nitrogens is 2. The number of pyridine rings is 2. The van der Waals surface area contributed by atoms with Crippen molar-refractivity contribution in [3.63, 3.8) is 0 Å². The molecule has 3 rings (SSSR count). The summed E-state index contributed by atoms with van der Waals surface area (Å²) >= 11 is 0. The average Bonchev–Trinajstić information content (AvgIpc) is 2.53. The van der Waals surface area contributed by atoms with Crippen LogP contribution in [0.15, 0.2) is 54.9 Å². The molecular formula is C17H14N2O. The standard InChI is InChI=1S/C17H14N2O/c1-2-12-5-3-10-19-16(12)17(20)14-8-7-13-6-4-9-18-15(13)11-14/h3-11H,2H2,1H3. The fourth-order valence-electron chi connectivity index (χ4n) is 2.27. The lowest BCUT2D eigenvalue weighted by atomic mass is 10.0. The number of carbonyl (C=O) groups excluding carboxylic acids is 1. The Morgan fingerprint density at radius 3 is 2.70 bits per heavy atom. The summed E-state index contributed by atoms with van der Waals surface area (Å²) in [7, 11) is 0. The third kappa shape index (κ3) is 2.18. The molecule has 0 amide bonds. The number of carbonyl (C=O) groups is 1. The number of hydrogen-bond donors (Lipinski definition) is 0. The molecule has 2 aromatic heterocycles. The molecule has 0 atom stereocenters. The molecule has 3 nitrogen and oxygen atoms in total. The highest BCUT2D eigenvalue weighted by Crippen LogP contribution is 2.17. The van der Waals surface area contributed by atoms with E-state index in [-0.39, 0.29) is 5.78 Å². The van der Waals surface area contributed by atoms with Crippen molar-refractivity contribution in [1.82, 2.24) is 9.97 Å². The van der Waals surface area contributed by atoms with Crippen molar-refractivity contribution in [2.45, 2.75) is 13.3 Å². The summed E-state index contributed by atoms with van der Waals surface area (Å²) in [6.45, 7) is 2.02. The van der Waals surface area contributed by atoms with Gasteiger partial charge in [0.1, 0.15) is 5.69 Å². The van der Waals surface area contributed by atoms with Crippen LogP contribution in [0, 0.1) is 0 Å². The summed E-state index contributed by atoms with van der Waals surface area (Å²) in [5.41, 5.74) is 2.96. The number of fused-ring (bicyclic) bond motifs is 1. The van der Waals surface area contributed by atoms with Crippen LogP contribution in [0.2, 0.25) is 0 Å². The lowest BCUT2D eigenvalue weighted by Gasteiger charge is -2.06. The maximum Gasteiger partial charge on any atom is 0.211 e. The molecule has 0 radical (unpaired) electrons. The number of ketones is 1. The Hall–Kier alpha value is -2.55. The average molecular weight is 262 g/mol. The largest absolute Gasteiger partial charge is 0.287 e. The van der Waals surface area contributed by atoms with Gasteiger partial charge in [-0.25, -0.2) is 0 Å². The Labute approximate surface area is 117 Å². The van der Waals surface area contributed by atoms with Crippen LogP contribution in [0.25, 0.3) is 10.9 Å². The van der Waals surface area contributed by atoms with Crippen LogP contribution in [0.5, 0.6) is 0 Å². The lowest BCUT2D eigenvalue weighted by molar-refractivity contribution is 0.103. The molecule has 0 spiro atoms. The molecule has 20 heavy (non-hydrogen) atoms. The first-order chi connectivity index (χ1) is 9.79. The predicted molar refractivity (Wildman–Crippen MR) is 78.8 cm³/mol. The molecule has 3 aromatic rings. The van der Waals surface area contributed by atoms with E-state index < -0.39 is 0 Å². The van der Waals surface area contributed by atoms with Gasteiger partial charge in [0, 0.05) is 23.3 Å². The fourth-order valence-corrected chi connectivity index (χ4v) is 2.27. The molecule has 0 bridgehead atoms. The summed E-state index contributed by atoms with van der Waals surface area (Å²) in [5, 5.41) is 1.03. The van der Waals surface area contributed by atoms with E-state index in [0.717, 1.165) is 22.9 Å². The molecule has 2 heterocycles. The maximum absolute atomic E-state index is 12.6. The summed E-state index contributed by atoms with van der Waals surface area (Å²) in [6.07, 6.45) is 4.18. The van der Waals surface area contributed by atoms with Gasteiger partial charge in [-0.05, 0) is 30.2 Å². The van der Waals surface area contributed by atoms with Crippen molar-refractivity contribution in [3.05, 3.63) is 71.7 Å². The van der Waals surface area contributed by atoms with Gasteiger partial charge in [0.25, 0.3) is 0 Å². The smallest absolute Gasteiger partial charge is 0.211 e. The Balaban J connectivity index is 2.08. The van der Waals surface area contributed by atoms with Gasteiger partial charge in [0.15, 0.2) is 0 Å². The van der Waals surface area contributed by atoms with Crippen molar-refractivity contribution in [1.29, 1.82) is 0 Å². The van der Waals surface area contributed by atoms with Crippen molar-refractivity contribution >= 4 is 16.7 Å². The number of benzene rings is 1. The highest BCUT2D eigenvalue weighted by molar-refractivity contribution is 6.10. The first-order valence-corrected chi connectivity index (χ1v) is 6.63. The van der Waals surface area contributed by atoms with Crippen molar-refractivity contribution in [2.75, 3.05) is 0 Å².